The van der Waals surface area contributed by atoms with Crippen LogP contribution in [-0.4, -0.2) is 44.3 Å². The minimum Gasteiger partial charge on any atom is -0.356 e. The van der Waals surface area contributed by atoms with Crippen LogP contribution < -0.4 is 9.62 Å². The van der Waals surface area contributed by atoms with E-state index in [4.69, 9.17) is 5.26 Å². The standard InChI is InChI=1S/C16H18FN5O2S/c1-25(23,24)21-8-11-3-2-4-22(9-11)16-13-6-14(17)12(7-18)5-15(13)19-10-20-16/h5-6,10-11,21H,2-4,8-9H2,1H3. The minimum atomic E-state index is -3.23. The van der Waals surface area contributed by atoms with Crippen LogP contribution in [0.15, 0.2) is 18.5 Å². The normalized spacial score (nSPS) is 18.3. The number of fused-ring (bicyclic) bond motifs is 1. The second-order valence-electron chi connectivity index (χ2n) is 6.23. The van der Waals surface area contributed by atoms with Crippen molar-refractivity contribution in [3.05, 3.63) is 29.8 Å². The average molecular weight is 363 g/mol. The summed E-state index contributed by atoms with van der Waals surface area (Å²) in [5.74, 6) is 0.160. The molecule has 1 aromatic heterocycles. The highest BCUT2D eigenvalue weighted by Gasteiger charge is 2.23. The number of anilines is 1. The van der Waals surface area contributed by atoms with Gasteiger partial charge in [0.2, 0.25) is 10.0 Å². The van der Waals surface area contributed by atoms with Gasteiger partial charge in [-0.2, -0.15) is 5.26 Å². The van der Waals surface area contributed by atoms with Gasteiger partial charge in [-0.25, -0.2) is 27.5 Å². The Bertz CT molecular complexity index is 941. The number of rotatable bonds is 4. The third kappa shape index (κ3) is 4.03. The summed E-state index contributed by atoms with van der Waals surface area (Å²) in [6.07, 6.45) is 4.34. The Hall–Kier alpha value is -2.31. The lowest BCUT2D eigenvalue weighted by atomic mass is 9.98. The molecule has 0 saturated carbocycles. The predicted octanol–water partition coefficient (Wildman–Crippen LogP) is 1.41. The first-order valence-electron chi connectivity index (χ1n) is 7.91. The highest BCUT2D eigenvalue weighted by molar-refractivity contribution is 7.88. The summed E-state index contributed by atoms with van der Waals surface area (Å²) in [4.78, 5) is 10.4. The number of sulfonamides is 1. The molecule has 1 unspecified atom stereocenters. The molecular weight excluding hydrogens is 345 g/mol. The van der Waals surface area contributed by atoms with Crippen molar-refractivity contribution in [1.29, 1.82) is 5.26 Å². The third-order valence-corrected chi connectivity index (χ3v) is 4.97. The monoisotopic (exact) mass is 363 g/mol. The van der Waals surface area contributed by atoms with Crippen molar-refractivity contribution in [3.8, 4) is 6.07 Å². The van der Waals surface area contributed by atoms with E-state index in [1.807, 2.05) is 11.0 Å². The summed E-state index contributed by atoms with van der Waals surface area (Å²) in [5.41, 5.74) is 0.463. The van der Waals surface area contributed by atoms with Crippen LogP contribution >= 0.6 is 0 Å². The molecule has 7 nitrogen and oxygen atoms in total. The first kappa shape index (κ1) is 17.5. The molecule has 0 amide bonds. The Morgan fingerprint density at radius 3 is 2.96 bits per heavy atom. The molecule has 0 bridgehead atoms. The molecule has 1 saturated heterocycles. The van der Waals surface area contributed by atoms with Crippen LogP contribution in [0.1, 0.15) is 18.4 Å². The van der Waals surface area contributed by atoms with Crippen molar-refractivity contribution < 1.29 is 12.8 Å². The Morgan fingerprint density at radius 1 is 1.44 bits per heavy atom. The van der Waals surface area contributed by atoms with Crippen LogP contribution in [0.3, 0.4) is 0 Å². The number of hydrogen-bond acceptors (Lipinski definition) is 6. The number of nitrogens with zero attached hydrogens (tertiary/aromatic N) is 4. The molecule has 1 aliphatic heterocycles. The van der Waals surface area contributed by atoms with E-state index in [2.05, 4.69) is 14.7 Å². The van der Waals surface area contributed by atoms with E-state index in [-0.39, 0.29) is 11.5 Å². The molecule has 3 rings (SSSR count). The third-order valence-electron chi connectivity index (χ3n) is 4.28. The Kier molecular flexibility index (Phi) is 4.83. The van der Waals surface area contributed by atoms with Crippen molar-refractivity contribution in [2.45, 2.75) is 12.8 Å². The summed E-state index contributed by atoms with van der Waals surface area (Å²) >= 11 is 0. The maximum atomic E-state index is 14.0. The molecule has 9 heteroatoms. The summed E-state index contributed by atoms with van der Waals surface area (Å²) < 4.78 is 39.1. The second kappa shape index (κ2) is 6.90. The van der Waals surface area contributed by atoms with Gasteiger partial charge in [-0.05, 0) is 30.9 Å². The zero-order valence-corrected chi connectivity index (χ0v) is 14.6. The van der Waals surface area contributed by atoms with Crippen molar-refractivity contribution in [3.63, 3.8) is 0 Å². The molecule has 25 heavy (non-hydrogen) atoms. The number of benzene rings is 1. The molecule has 1 N–H and O–H groups in total. The van der Waals surface area contributed by atoms with E-state index in [0.717, 1.165) is 25.6 Å². The largest absolute Gasteiger partial charge is 0.356 e. The number of nitrogens with one attached hydrogen (secondary N) is 1. The smallest absolute Gasteiger partial charge is 0.208 e. The lowest BCUT2D eigenvalue weighted by Gasteiger charge is -2.34. The van der Waals surface area contributed by atoms with Gasteiger partial charge in [0.05, 0.1) is 17.3 Å². The molecule has 0 aliphatic carbocycles. The number of aromatic nitrogens is 2. The number of hydrogen-bond donors (Lipinski definition) is 1. The van der Waals surface area contributed by atoms with E-state index >= 15 is 0 Å². The minimum absolute atomic E-state index is 0.0500. The molecule has 1 atom stereocenters. The van der Waals surface area contributed by atoms with Crippen LogP contribution in [0.25, 0.3) is 10.9 Å². The van der Waals surface area contributed by atoms with E-state index in [0.29, 0.717) is 29.8 Å². The zero-order valence-electron chi connectivity index (χ0n) is 13.7. The fourth-order valence-corrected chi connectivity index (χ4v) is 3.63. The van der Waals surface area contributed by atoms with E-state index in [1.54, 1.807) is 0 Å². The fourth-order valence-electron chi connectivity index (χ4n) is 3.09. The van der Waals surface area contributed by atoms with Gasteiger partial charge in [0.1, 0.15) is 24.0 Å². The molecule has 0 spiro atoms. The van der Waals surface area contributed by atoms with E-state index in [1.165, 1.54) is 18.5 Å². The van der Waals surface area contributed by atoms with Crippen LogP contribution in [0.5, 0.6) is 0 Å². The topological polar surface area (TPSA) is 99.0 Å². The van der Waals surface area contributed by atoms with Crippen LogP contribution in [0.2, 0.25) is 0 Å². The summed E-state index contributed by atoms with van der Waals surface area (Å²) in [6.45, 7) is 1.74. The quantitative estimate of drug-likeness (QED) is 0.882. The molecular formula is C16H18FN5O2S. The van der Waals surface area contributed by atoms with Crippen LogP contribution in [-0.2, 0) is 10.0 Å². The van der Waals surface area contributed by atoms with Gasteiger partial charge in [-0.3, -0.25) is 0 Å². The number of piperidine rings is 1. The van der Waals surface area contributed by atoms with Crippen molar-refractivity contribution in [1.82, 2.24) is 14.7 Å². The summed E-state index contributed by atoms with van der Waals surface area (Å²) in [5, 5.41) is 9.51. The molecule has 1 aliphatic rings. The van der Waals surface area contributed by atoms with Crippen molar-refractivity contribution >= 4 is 26.7 Å². The first-order valence-corrected chi connectivity index (χ1v) is 9.80. The summed E-state index contributed by atoms with van der Waals surface area (Å²) in [6, 6.07) is 4.52. The van der Waals surface area contributed by atoms with Crippen LogP contribution in [0, 0.1) is 23.1 Å². The molecule has 1 aromatic carbocycles. The van der Waals surface area contributed by atoms with Gasteiger partial charge in [0.25, 0.3) is 0 Å². The second-order valence-corrected chi connectivity index (χ2v) is 8.07. The van der Waals surface area contributed by atoms with Gasteiger partial charge >= 0.3 is 0 Å². The predicted molar refractivity (Wildman–Crippen MR) is 92.0 cm³/mol. The molecule has 2 aromatic rings. The van der Waals surface area contributed by atoms with Gasteiger partial charge < -0.3 is 4.90 Å². The highest BCUT2D eigenvalue weighted by atomic mass is 32.2. The van der Waals surface area contributed by atoms with E-state index in [9.17, 15) is 12.8 Å². The van der Waals surface area contributed by atoms with Gasteiger partial charge in [-0.1, -0.05) is 0 Å². The van der Waals surface area contributed by atoms with Gasteiger partial charge in [0.15, 0.2) is 0 Å². The SMILES string of the molecule is CS(=O)(=O)NCC1CCCN(c2ncnc3cc(C#N)c(F)cc23)C1. The van der Waals surface area contributed by atoms with Crippen LogP contribution in [0.4, 0.5) is 10.2 Å². The lowest BCUT2D eigenvalue weighted by Crippen LogP contribution is -2.41. The molecule has 132 valence electrons. The van der Waals surface area contributed by atoms with E-state index < -0.39 is 15.8 Å². The Balaban J connectivity index is 1.88. The fraction of sp³-hybridized carbons (Fsp3) is 0.438. The molecule has 0 radical (unpaired) electrons. The lowest BCUT2D eigenvalue weighted by molar-refractivity contribution is 0.410. The average Bonchev–Trinajstić information content (AvgIpc) is 2.58. The van der Waals surface area contributed by atoms with Crippen molar-refractivity contribution in [2.24, 2.45) is 5.92 Å². The van der Waals surface area contributed by atoms with Crippen molar-refractivity contribution in [2.75, 3.05) is 30.8 Å². The first-order chi connectivity index (χ1) is 11.9. The highest BCUT2D eigenvalue weighted by Crippen LogP contribution is 2.28. The molecule has 1 fully saturated rings. The Labute approximate surface area is 145 Å². The zero-order chi connectivity index (χ0) is 18.0. The maximum Gasteiger partial charge on any atom is 0.208 e. The van der Waals surface area contributed by atoms with Gasteiger partial charge in [-0.15, -0.1) is 0 Å². The molecule has 2 heterocycles. The summed E-state index contributed by atoms with van der Waals surface area (Å²) in [7, 11) is -3.23. The Morgan fingerprint density at radius 2 is 2.24 bits per heavy atom. The number of nitriles is 1. The maximum absolute atomic E-state index is 14.0. The number of halogens is 1. The van der Waals surface area contributed by atoms with Gasteiger partial charge in [0, 0.05) is 25.0 Å².